The summed E-state index contributed by atoms with van der Waals surface area (Å²) in [4.78, 5) is -0.0511. The maximum Gasteiger partial charge on any atom is 0.238 e. The van der Waals surface area contributed by atoms with Crippen molar-refractivity contribution in [2.45, 2.75) is 36.5 Å². The summed E-state index contributed by atoms with van der Waals surface area (Å²) in [6.07, 6.45) is 0.183. The number of primary sulfonamides is 1. The summed E-state index contributed by atoms with van der Waals surface area (Å²) in [5, 5.41) is 12.7. The van der Waals surface area contributed by atoms with Gasteiger partial charge < -0.3 is 0 Å². The van der Waals surface area contributed by atoms with Crippen LogP contribution in [0.25, 0.3) is 0 Å². The Morgan fingerprint density at radius 1 is 1.24 bits per heavy atom. The van der Waals surface area contributed by atoms with Crippen LogP contribution in [0.1, 0.15) is 31.9 Å². The van der Waals surface area contributed by atoms with Crippen molar-refractivity contribution in [3.05, 3.63) is 29.8 Å². The molecule has 0 fully saturated rings. The summed E-state index contributed by atoms with van der Waals surface area (Å²) in [7, 11) is -7.55. The van der Waals surface area contributed by atoms with E-state index < -0.39 is 31.3 Å². The highest BCUT2D eigenvalue weighted by atomic mass is 32.2. The molecule has 0 aromatic heterocycles. The quantitative estimate of drug-likeness (QED) is 0.789. The Bertz CT molecular complexity index is 734. The zero-order valence-corrected chi connectivity index (χ0v) is 13.3. The molecule has 0 bridgehead atoms. The first kappa shape index (κ1) is 17.6. The van der Waals surface area contributed by atoms with E-state index in [-0.39, 0.29) is 11.3 Å². The summed E-state index contributed by atoms with van der Waals surface area (Å²) in [5.41, 5.74) is 0.568. The van der Waals surface area contributed by atoms with E-state index in [1.165, 1.54) is 24.3 Å². The molecule has 21 heavy (non-hydrogen) atoms. The lowest BCUT2D eigenvalue weighted by molar-refractivity contribution is 0.558. The number of rotatable bonds is 6. The Morgan fingerprint density at radius 3 is 2.14 bits per heavy atom. The molecule has 0 aliphatic heterocycles. The van der Waals surface area contributed by atoms with E-state index in [9.17, 15) is 16.8 Å². The third-order valence-corrected chi connectivity index (χ3v) is 5.74. The Labute approximate surface area is 124 Å². The molecule has 3 N–H and O–H groups in total. The van der Waals surface area contributed by atoms with Crippen molar-refractivity contribution < 1.29 is 16.8 Å². The van der Waals surface area contributed by atoms with E-state index in [0.29, 0.717) is 5.56 Å². The second-order valence-corrected chi connectivity index (χ2v) is 7.98. The van der Waals surface area contributed by atoms with Crippen LogP contribution in [-0.2, 0) is 20.0 Å². The summed E-state index contributed by atoms with van der Waals surface area (Å²) >= 11 is 0. The lowest BCUT2D eigenvalue weighted by atomic mass is 10.1. The zero-order valence-electron chi connectivity index (χ0n) is 11.6. The van der Waals surface area contributed by atoms with Gasteiger partial charge in [-0.15, -0.1) is 0 Å². The maximum atomic E-state index is 12.0. The Balaban J connectivity index is 2.96. The zero-order chi connectivity index (χ0) is 16.3. The summed E-state index contributed by atoms with van der Waals surface area (Å²) in [6, 6.07) is 6.69. The molecular formula is C12H17N3O4S2. The lowest BCUT2D eigenvalue weighted by Gasteiger charge is -2.17. The van der Waals surface area contributed by atoms with Crippen molar-refractivity contribution in [1.29, 1.82) is 5.26 Å². The molecule has 0 radical (unpaired) electrons. The molecule has 1 aromatic carbocycles. The van der Waals surface area contributed by atoms with Crippen LogP contribution >= 0.6 is 0 Å². The fourth-order valence-corrected chi connectivity index (χ4v) is 3.61. The topological polar surface area (TPSA) is 130 Å². The SMILES string of the molecule is CCC(C#N)S(=O)(=O)NC(C)c1ccc(S(N)(=O)=O)cc1. The molecule has 1 aromatic rings. The highest BCUT2D eigenvalue weighted by Crippen LogP contribution is 2.17. The second kappa shape index (κ2) is 6.53. The number of nitriles is 1. The lowest BCUT2D eigenvalue weighted by Crippen LogP contribution is -2.34. The van der Waals surface area contributed by atoms with Gasteiger partial charge in [-0.1, -0.05) is 19.1 Å². The van der Waals surface area contributed by atoms with Crippen LogP contribution in [0, 0.1) is 11.3 Å². The van der Waals surface area contributed by atoms with E-state index in [2.05, 4.69) is 4.72 Å². The average Bonchev–Trinajstić information content (AvgIpc) is 2.38. The minimum atomic E-state index is -3.78. The number of nitrogens with one attached hydrogen (secondary N) is 1. The van der Waals surface area contributed by atoms with Crippen molar-refractivity contribution >= 4 is 20.0 Å². The van der Waals surface area contributed by atoms with E-state index >= 15 is 0 Å². The first-order valence-electron chi connectivity index (χ1n) is 6.15. The maximum absolute atomic E-state index is 12.0. The van der Waals surface area contributed by atoms with Crippen LogP contribution in [0.4, 0.5) is 0 Å². The minimum Gasteiger partial charge on any atom is -0.225 e. The fraction of sp³-hybridized carbons (Fsp3) is 0.417. The van der Waals surface area contributed by atoms with Crippen LogP contribution in [0.15, 0.2) is 29.2 Å². The summed E-state index contributed by atoms with van der Waals surface area (Å²) in [6.45, 7) is 3.21. The van der Waals surface area contributed by atoms with Gasteiger partial charge >= 0.3 is 0 Å². The standard InChI is InChI=1S/C12H17N3O4S2/c1-3-11(8-13)21(18,19)15-9(2)10-4-6-12(7-5-10)20(14,16)17/h4-7,9,11,15H,3H2,1-2H3,(H2,14,16,17). The van der Waals surface area contributed by atoms with Crippen LogP contribution < -0.4 is 9.86 Å². The third-order valence-electron chi connectivity index (χ3n) is 2.94. The summed E-state index contributed by atoms with van der Waals surface area (Å²) < 4.78 is 48.6. The van der Waals surface area contributed by atoms with Gasteiger partial charge in [0.25, 0.3) is 0 Å². The van der Waals surface area contributed by atoms with Crippen molar-refractivity contribution in [2.75, 3.05) is 0 Å². The molecule has 0 aliphatic carbocycles. The number of nitrogens with two attached hydrogens (primary N) is 1. The Kier molecular flexibility index (Phi) is 5.47. The first-order chi connectivity index (χ1) is 9.61. The molecular weight excluding hydrogens is 314 g/mol. The van der Waals surface area contributed by atoms with Crippen molar-refractivity contribution in [1.82, 2.24) is 4.72 Å². The van der Waals surface area contributed by atoms with Crippen molar-refractivity contribution in [3.8, 4) is 6.07 Å². The predicted octanol–water partition coefficient (Wildman–Crippen LogP) is 0.617. The summed E-state index contributed by atoms with van der Waals surface area (Å²) in [5.74, 6) is 0. The first-order valence-corrected chi connectivity index (χ1v) is 9.24. The molecule has 0 saturated carbocycles. The highest BCUT2D eigenvalue weighted by molar-refractivity contribution is 7.90. The Hall–Kier alpha value is -1.47. The predicted molar refractivity (Wildman–Crippen MR) is 78.0 cm³/mol. The molecule has 2 unspecified atom stereocenters. The highest BCUT2D eigenvalue weighted by Gasteiger charge is 2.25. The molecule has 1 rings (SSSR count). The van der Waals surface area contributed by atoms with Gasteiger partial charge in [0.2, 0.25) is 20.0 Å². The van der Waals surface area contributed by atoms with E-state index in [1.54, 1.807) is 19.9 Å². The molecule has 0 saturated heterocycles. The van der Waals surface area contributed by atoms with Crippen molar-refractivity contribution in [2.24, 2.45) is 5.14 Å². The van der Waals surface area contributed by atoms with Crippen LogP contribution in [0.3, 0.4) is 0 Å². The monoisotopic (exact) mass is 331 g/mol. The molecule has 0 amide bonds. The van der Waals surface area contributed by atoms with Crippen molar-refractivity contribution in [3.63, 3.8) is 0 Å². The molecule has 7 nitrogen and oxygen atoms in total. The third kappa shape index (κ3) is 4.50. The fourth-order valence-electron chi connectivity index (χ4n) is 1.72. The van der Waals surface area contributed by atoms with Gasteiger partial charge in [0.05, 0.1) is 11.0 Å². The van der Waals surface area contributed by atoms with E-state index in [0.717, 1.165) is 0 Å². The minimum absolute atomic E-state index is 0.0511. The molecule has 0 spiro atoms. The van der Waals surface area contributed by atoms with Gasteiger partial charge in [-0.2, -0.15) is 5.26 Å². The number of benzene rings is 1. The van der Waals surface area contributed by atoms with Gasteiger partial charge in [-0.25, -0.2) is 26.7 Å². The van der Waals surface area contributed by atoms with Gasteiger partial charge in [0.1, 0.15) is 0 Å². The van der Waals surface area contributed by atoms with Gasteiger partial charge in [0, 0.05) is 6.04 Å². The van der Waals surface area contributed by atoms with Gasteiger partial charge in [-0.05, 0) is 31.0 Å². The van der Waals surface area contributed by atoms with Crippen LogP contribution in [-0.4, -0.2) is 22.1 Å². The molecule has 9 heteroatoms. The molecule has 116 valence electrons. The van der Waals surface area contributed by atoms with Crippen LogP contribution in [0.2, 0.25) is 0 Å². The normalized spacial score (nSPS) is 15.1. The largest absolute Gasteiger partial charge is 0.238 e. The van der Waals surface area contributed by atoms with Gasteiger partial charge in [-0.3, -0.25) is 0 Å². The molecule has 0 heterocycles. The second-order valence-electron chi connectivity index (χ2n) is 4.52. The van der Waals surface area contributed by atoms with Crippen LogP contribution in [0.5, 0.6) is 0 Å². The smallest absolute Gasteiger partial charge is 0.225 e. The molecule has 0 aliphatic rings. The average molecular weight is 331 g/mol. The molecule has 2 atom stereocenters. The Morgan fingerprint density at radius 2 is 1.76 bits per heavy atom. The van der Waals surface area contributed by atoms with E-state index in [4.69, 9.17) is 10.4 Å². The number of hydrogen-bond donors (Lipinski definition) is 2. The number of nitrogens with zero attached hydrogens (tertiary/aromatic N) is 1. The van der Waals surface area contributed by atoms with E-state index in [1.807, 2.05) is 0 Å². The number of sulfonamides is 2. The number of hydrogen-bond acceptors (Lipinski definition) is 5. The van der Waals surface area contributed by atoms with Gasteiger partial charge in [0.15, 0.2) is 5.25 Å².